The van der Waals surface area contributed by atoms with Crippen molar-refractivity contribution < 1.29 is 9.00 Å². The van der Waals surface area contributed by atoms with Gasteiger partial charge in [0.15, 0.2) is 0 Å². The third-order valence-corrected chi connectivity index (χ3v) is 4.38. The lowest BCUT2D eigenvalue weighted by Gasteiger charge is -2.26. The summed E-state index contributed by atoms with van der Waals surface area (Å²) in [6.07, 6.45) is 3.37. The maximum Gasteiger partial charge on any atom is 0.235 e. The number of amides is 1. The Balaban J connectivity index is 2.29. The van der Waals surface area contributed by atoms with Crippen LogP contribution in [0.1, 0.15) is 26.2 Å². The van der Waals surface area contributed by atoms with Crippen LogP contribution >= 0.6 is 0 Å². The summed E-state index contributed by atoms with van der Waals surface area (Å²) in [5, 5.41) is 0. The largest absolute Gasteiger partial charge is 0.342 e. The highest BCUT2D eigenvalue weighted by Crippen LogP contribution is 2.09. The highest BCUT2D eigenvalue weighted by atomic mass is 32.2. The zero-order chi connectivity index (χ0) is 12.0. The van der Waals surface area contributed by atoms with Crippen LogP contribution in [0.3, 0.4) is 0 Å². The van der Waals surface area contributed by atoms with Gasteiger partial charge in [-0.2, -0.15) is 0 Å². The molecule has 1 aliphatic heterocycles. The Labute approximate surface area is 100 Å². The molecule has 1 aliphatic rings. The minimum absolute atomic E-state index is 0.0438. The maximum absolute atomic E-state index is 11.8. The van der Waals surface area contributed by atoms with Gasteiger partial charge >= 0.3 is 0 Å². The molecule has 0 aliphatic carbocycles. The van der Waals surface area contributed by atoms with Gasteiger partial charge in [-0.25, -0.2) is 0 Å². The second-order valence-electron chi connectivity index (χ2n) is 4.53. The highest BCUT2D eigenvalue weighted by molar-refractivity contribution is 7.85. The molecule has 0 aromatic rings. The highest BCUT2D eigenvalue weighted by Gasteiger charge is 2.19. The average molecular weight is 246 g/mol. The summed E-state index contributed by atoms with van der Waals surface area (Å²) >= 11 is 0. The smallest absolute Gasteiger partial charge is 0.235 e. The first-order valence-electron chi connectivity index (χ1n) is 5.96. The predicted molar refractivity (Wildman–Crippen MR) is 66.5 cm³/mol. The molecule has 0 radical (unpaired) electrons. The lowest BCUT2D eigenvalue weighted by molar-refractivity contribution is -0.129. The Kier molecular flexibility index (Phi) is 5.98. The first kappa shape index (κ1) is 13.6. The summed E-state index contributed by atoms with van der Waals surface area (Å²) in [4.78, 5) is 13.6. The van der Waals surface area contributed by atoms with E-state index in [0.717, 1.165) is 25.9 Å². The average Bonchev–Trinajstić information content (AvgIpc) is 2.29. The van der Waals surface area contributed by atoms with Crippen LogP contribution in [0.5, 0.6) is 0 Å². The van der Waals surface area contributed by atoms with E-state index in [-0.39, 0.29) is 17.6 Å². The first-order valence-corrected chi connectivity index (χ1v) is 7.45. The van der Waals surface area contributed by atoms with E-state index < -0.39 is 10.8 Å². The summed E-state index contributed by atoms with van der Waals surface area (Å²) in [6.45, 7) is 4.16. The molecule has 1 fully saturated rings. The fourth-order valence-corrected chi connectivity index (χ4v) is 3.16. The maximum atomic E-state index is 11.8. The van der Waals surface area contributed by atoms with Crippen molar-refractivity contribution in [1.29, 1.82) is 0 Å². The first-order chi connectivity index (χ1) is 7.63. The van der Waals surface area contributed by atoms with E-state index in [1.54, 1.807) is 0 Å². The fraction of sp³-hybridized carbons (Fsp3) is 0.909. The zero-order valence-corrected chi connectivity index (χ0v) is 10.8. The molecule has 1 rings (SSSR count). The molecule has 1 amide bonds. The van der Waals surface area contributed by atoms with Crippen molar-refractivity contribution in [3.8, 4) is 0 Å². The number of hydrogen-bond donors (Lipinski definition) is 1. The molecule has 0 bridgehead atoms. The Hall–Kier alpha value is -0.420. The third-order valence-electron chi connectivity index (χ3n) is 2.87. The van der Waals surface area contributed by atoms with Gasteiger partial charge in [-0.1, -0.05) is 6.92 Å². The number of likely N-dealkylation sites (tertiary alicyclic amines) is 1. The normalized spacial score (nSPS) is 20.5. The molecular weight excluding hydrogens is 224 g/mol. The standard InChI is InChI=1S/C11H22N2O2S/c1-10(7-12)8-16(15)9-11(14)13-5-3-2-4-6-13/h10H,2-9,12H2,1H3. The number of nitrogens with zero attached hydrogens (tertiary/aromatic N) is 1. The van der Waals surface area contributed by atoms with E-state index in [2.05, 4.69) is 0 Å². The van der Waals surface area contributed by atoms with Gasteiger partial charge in [-0.05, 0) is 31.7 Å². The van der Waals surface area contributed by atoms with Crippen molar-refractivity contribution in [2.75, 3.05) is 31.1 Å². The van der Waals surface area contributed by atoms with Crippen molar-refractivity contribution >= 4 is 16.7 Å². The number of hydrogen-bond acceptors (Lipinski definition) is 3. The number of rotatable bonds is 5. The minimum atomic E-state index is -1.05. The summed E-state index contributed by atoms with van der Waals surface area (Å²) in [7, 11) is -1.05. The molecule has 0 spiro atoms. The number of carbonyl (C=O) groups excluding carboxylic acids is 1. The lowest BCUT2D eigenvalue weighted by Crippen LogP contribution is -2.39. The van der Waals surface area contributed by atoms with Gasteiger partial charge < -0.3 is 10.6 Å². The summed E-state index contributed by atoms with van der Waals surface area (Å²) < 4.78 is 11.7. The second kappa shape index (κ2) is 7.01. The Morgan fingerprint density at radius 2 is 2.00 bits per heavy atom. The minimum Gasteiger partial charge on any atom is -0.342 e. The Morgan fingerprint density at radius 1 is 1.38 bits per heavy atom. The fourth-order valence-electron chi connectivity index (χ4n) is 1.82. The molecule has 16 heavy (non-hydrogen) atoms. The molecule has 1 saturated heterocycles. The molecule has 2 atom stereocenters. The SMILES string of the molecule is CC(CN)CS(=O)CC(=O)N1CCCCC1. The molecule has 0 saturated carbocycles. The molecule has 2 N–H and O–H groups in total. The summed E-state index contributed by atoms with van der Waals surface area (Å²) in [5.74, 6) is 0.984. The van der Waals surface area contributed by atoms with E-state index in [9.17, 15) is 9.00 Å². The van der Waals surface area contributed by atoms with E-state index in [4.69, 9.17) is 5.73 Å². The van der Waals surface area contributed by atoms with Crippen LogP contribution < -0.4 is 5.73 Å². The van der Waals surface area contributed by atoms with Crippen LogP contribution in [0, 0.1) is 5.92 Å². The van der Waals surface area contributed by atoms with Gasteiger partial charge in [0.05, 0.1) is 0 Å². The molecular formula is C11H22N2O2S. The van der Waals surface area contributed by atoms with Gasteiger partial charge in [-0.3, -0.25) is 9.00 Å². The third kappa shape index (κ3) is 4.61. The Morgan fingerprint density at radius 3 is 2.56 bits per heavy atom. The Bertz CT molecular complexity index is 252. The monoisotopic (exact) mass is 246 g/mol. The van der Waals surface area contributed by atoms with E-state index in [1.165, 1.54) is 6.42 Å². The van der Waals surface area contributed by atoms with Crippen LogP contribution in [-0.4, -0.2) is 46.2 Å². The van der Waals surface area contributed by atoms with Crippen molar-refractivity contribution in [1.82, 2.24) is 4.90 Å². The molecule has 1 heterocycles. The summed E-state index contributed by atoms with van der Waals surface area (Å²) in [5.41, 5.74) is 5.46. The van der Waals surface area contributed by atoms with Crippen LogP contribution in [0.2, 0.25) is 0 Å². The van der Waals surface area contributed by atoms with Crippen molar-refractivity contribution in [3.05, 3.63) is 0 Å². The van der Waals surface area contributed by atoms with E-state index in [1.807, 2.05) is 11.8 Å². The number of piperidine rings is 1. The zero-order valence-electron chi connectivity index (χ0n) is 9.98. The van der Waals surface area contributed by atoms with E-state index >= 15 is 0 Å². The van der Waals surface area contributed by atoms with Gasteiger partial charge in [0, 0.05) is 29.6 Å². The number of carbonyl (C=O) groups is 1. The van der Waals surface area contributed by atoms with Crippen LogP contribution in [0.4, 0.5) is 0 Å². The lowest BCUT2D eigenvalue weighted by atomic mass is 10.1. The van der Waals surface area contributed by atoms with Gasteiger partial charge in [0.1, 0.15) is 5.75 Å². The van der Waals surface area contributed by atoms with E-state index in [0.29, 0.717) is 12.3 Å². The van der Waals surface area contributed by atoms with Gasteiger partial charge in [-0.15, -0.1) is 0 Å². The van der Waals surface area contributed by atoms with Crippen molar-refractivity contribution in [2.45, 2.75) is 26.2 Å². The van der Waals surface area contributed by atoms with Crippen molar-refractivity contribution in [3.63, 3.8) is 0 Å². The predicted octanol–water partition coefficient (Wildman–Crippen LogP) is 0.342. The quantitative estimate of drug-likeness (QED) is 0.761. The molecule has 4 nitrogen and oxygen atoms in total. The van der Waals surface area contributed by atoms with Crippen LogP contribution in [0.15, 0.2) is 0 Å². The van der Waals surface area contributed by atoms with Crippen molar-refractivity contribution in [2.24, 2.45) is 11.7 Å². The molecule has 94 valence electrons. The van der Waals surface area contributed by atoms with Crippen LogP contribution in [0.25, 0.3) is 0 Å². The summed E-state index contributed by atoms with van der Waals surface area (Å²) in [6, 6.07) is 0. The van der Waals surface area contributed by atoms with Gasteiger partial charge in [0.2, 0.25) is 5.91 Å². The van der Waals surface area contributed by atoms with Crippen LogP contribution in [-0.2, 0) is 15.6 Å². The second-order valence-corrected chi connectivity index (χ2v) is 6.03. The topological polar surface area (TPSA) is 63.4 Å². The molecule has 5 heteroatoms. The molecule has 0 aromatic carbocycles. The number of nitrogens with two attached hydrogens (primary N) is 1. The molecule has 2 unspecified atom stereocenters. The molecule has 0 aromatic heterocycles. The van der Waals surface area contributed by atoms with Gasteiger partial charge in [0.25, 0.3) is 0 Å².